The van der Waals surface area contributed by atoms with Crippen molar-refractivity contribution in [1.82, 2.24) is 19.8 Å². The summed E-state index contributed by atoms with van der Waals surface area (Å²) >= 11 is 1.62. The lowest BCUT2D eigenvalue weighted by atomic mass is 10.2. The van der Waals surface area contributed by atoms with Gasteiger partial charge < -0.3 is 14.7 Å². The van der Waals surface area contributed by atoms with Gasteiger partial charge in [0.15, 0.2) is 0 Å². The van der Waals surface area contributed by atoms with Crippen LogP contribution in [0.4, 0.5) is 5.82 Å². The maximum atomic E-state index is 12.5. The number of carbonyl (C=O) groups is 1. The molecule has 2 aromatic heterocycles. The molecule has 0 unspecified atom stereocenters. The highest BCUT2D eigenvalue weighted by atomic mass is 32.1. The van der Waals surface area contributed by atoms with Gasteiger partial charge in [0, 0.05) is 44.3 Å². The number of anilines is 1. The fourth-order valence-electron chi connectivity index (χ4n) is 2.77. The molecule has 0 bridgehead atoms. The van der Waals surface area contributed by atoms with Crippen LogP contribution in [-0.2, 0) is 17.8 Å². The van der Waals surface area contributed by atoms with Gasteiger partial charge in [0.25, 0.3) is 0 Å². The minimum absolute atomic E-state index is 0.164. The van der Waals surface area contributed by atoms with Crippen LogP contribution in [0.5, 0.6) is 0 Å². The number of piperazine rings is 1. The van der Waals surface area contributed by atoms with Crippen LogP contribution >= 0.6 is 11.3 Å². The van der Waals surface area contributed by atoms with E-state index >= 15 is 0 Å². The molecule has 1 aliphatic heterocycles. The Bertz CT molecular complexity index is 665. The number of nitrogens with zero attached hydrogens (tertiary/aromatic N) is 5. The van der Waals surface area contributed by atoms with Gasteiger partial charge in [-0.1, -0.05) is 6.07 Å². The van der Waals surface area contributed by atoms with Crippen LogP contribution in [0.3, 0.4) is 0 Å². The fourth-order valence-corrected chi connectivity index (χ4v) is 3.68. The van der Waals surface area contributed by atoms with Gasteiger partial charge in [-0.3, -0.25) is 4.79 Å². The Labute approximate surface area is 146 Å². The van der Waals surface area contributed by atoms with Crippen molar-refractivity contribution in [2.75, 3.05) is 45.2 Å². The van der Waals surface area contributed by atoms with Crippen LogP contribution < -0.4 is 4.90 Å². The second-order valence-electron chi connectivity index (χ2n) is 6.20. The topological polar surface area (TPSA) is 52.6 Å². The van der Waals surface area contributed by atoms with Gasteiger partial charge in [0.1, 0.15) is 10.8 Å². The third kappa shape index (κ3) is 4.30. The van der Waals surface area contributed by atoms with Gasteiger partial charge in [-0.15, -0.1) is 11.3 Å². The molecular formula is C17H23N5OS. The number of thiazole rings is 1. The van der Waals surface area contributed by atoms with Crippen molar-refractivity contribution in [3.63, 3.8) is 0 Å². The number of carbonyl (C=O) groups excluding carboxylic acids is 1. The molecule has 1 aliphatic rings. The first kappa shape index (κ1) is 16.9. The molecule has 0 atom stereocenters. The first-order valence-electron chi connectivity index (χ1n) is 8.13. The summed E-state index contributed by atoms with van der Waals surface area (Å²) in [6, 6.07) is 5.92. The number of aromatic nitrogens is 2. The Morgan fingerprint density at radius 3 is 2.71 bits per heavy atom. The SMILES string of the molecule is CN(C)Cc1nc(CC(=O)N2CCN(c3ccccn3)CC2)cs1. The van der Waals surface area contributed by atoms with Crippen LogP contribution in [0.25, 0.3) is 0 Å². The molecule has 24 heavy (non-hydrogen) atoms. The Balaban J connectivity index is 1.51. The molecule has 0 radical (unpaired) electrons. The monoisotopic (exact) mass is 345 g/mol. The minimum Gasteiger partial charge on any atom is -0.353 e. The number of hydrogen-bond donors (Lipinski definition) is 0. The van der Waals surface area contributed by atoms with Crippen molar-refractivity contribution >= 4 is 23.1 Å². The maximum Gasteiger partial charge on any atom is 0.228 e. The minimum atomic E-state index is 0.164. The molecule has 2 aromatic rings. The van der Waals surface area contributed by atoms with E-state index in [9.17, 15) is 4.79 Å². The van der Waals surface area contributed by atoms with Crippen molar-refractivity contribution in [3.8, 4) is 0 Å². The summed E-state index contributed by atoms with van der Waals surface area (Å²) in [6.07, 6.45) is 2.20. The summed E-state index contributed by atoms with van der Waals surface area (Å²) in [6.45, 7) is 3.95. The molecule has 0 aromatic carbocycles. The summed E-state index contributed by atoms with van der Waals surface area (Å²) in [4.78, 5) is 27.7. The lowest BCUT2D eigenvalue weighted by Gasteiger charge is -2.35. The zero-order chi connectivity index (χ0) is 16.9. The van der Waals surface area contributed by atoms with Gasteiger partial charge >= 0.3 is 0 Å². The summed E-state index contributed by atoms with van der Waals surface area (Å²) in [5.41, 5.74) is 0.883. The molecule has 0 saturated carbocycles. The molecule has 1 saturated heterocycles. The van der Waals surface area contributed by atoms with Crippen molar-refractivity contribution in [2.45, 2.75) is 13.0 Å². The molecule has 1 fully saturated rings. The Morgan fingerprint density at radius 1 is 1.25 bits per heavy atom. The molecule has 7 heteroatoms. The maximum absolute atomic E-state index is 12.5. The van der Waals surface area contributed by atoms with E-state index in [1.165, 1.54) is 0 Å². The molecule has 128 valence electrons. The van der Waals surface area contributed by atoms with E-state index in [1.54, 1.807) is 17.5 Å². The standard InChI is InChI=1S/C17H23N5OS/c1-20(2)12-16-19-14(13-24-16)11-17(23)22-9-7-21(8-10-22)15-5-3-4-6-18-15/h3-6,13H,7-12H2,1-2H3. The highest BCUT2D eigenvalue weighted by Gasteiger charge is 2.22. The van der Waals surface area contributed by atoms with E-state index in [2.05, 4.69) is 19.8 Å². The van der Waals surface area contributed by atoms with Crippen LogP contribution in [0.2, 0.25) is 0 Å². The Kier molecular flexibility index (Phi) is 5.42. The van der Waals surface area contributed by atoms with Crippen LogP contribution in [0, 0.1) is 0 Å². The lowest BCUT2D eigenvalue weighted by molar-refractivity contribution is -0.130. The quantitative estimate of drug-likeness (QED) is 0.822. The first-order chi connectivity index (χ1) is 11.6. The summed E-state index contributed by atoms with van der Waals surface area (Å²) < 4.78 is 0. The molecule has 0 spiro atoms. The molecule has 3 heterocycles. The second-order valence-corrected chi connectivity index (χ2v) is 7.15. The van der Waals surface area contributed by atoms with Gasteiger partial charge in [0.2, 0.25) is 5.91 Å². The van der Waals surface area contributed by atoms with Gasteiger partial charge in [0.05, 0.1) is 12.1 Å². The van der Waals surface area contributed by atoms with E-state index in [0.29, 0.717) is 6.42 Å². The van der Waals surface area contributed by atoms with Crippen LogP contribution in [0.15, 0.2) is 29.8 Å². The molecule has 1 amide bonds. The molecule has 6 nitrogen and oxygen atoms in total. The molecule has 3 rings (SSSR count). The Morgan fingerprint density at radius 2 is 2.04 bits per heavy atom. The second kappa shape index (κ2) is 7.72. The van der Waals surface area contributed by atoms with E-state index < -0.39 is 0 Å². The van der Waals surface area contributed by atoms with Crippen molar-refractivity contribution in [2.24, 2.45) is 0 Å². The summed E-state index contributed by atoms with van der Waals surface area (Å²) in [7, 11) is 4.04. The number of pyridine rings is 1. The third-order valence-electron chi connectivity index (χ3n) is 3.99. The van der Waals surface area contributed by atoms with Crippen molar-refractivity contribution in [1.29, 1.82) is 0 Å². The average Bonchev–Trinajstić information content (AvgIpc) is 3.02. The van der Waals surface area contributed by atoms with Gasteiger partial charge in [-0.2, -0.15) is 0 Å². The van der Waals surface area contributed by atoms with E-state index in [-0.39, 0.29) is 5.91 Å². The molecular weight excluding hydrogens is 322 g/mol. The number of amides is 1. The summed E-state index contributed by atoms with van der Waals surface area (Å²) in [5, 5.41) is 3.06. The largest absolute Gasteiger partial charge is 0.353 e. The van der Waals surface area contributed by atoms with Gasteiger partial charge in [-0.25, -0.2) is 9.97 Å². The fraction of sp³-hybridized carbons (Fsp3) is 0.471. The molecule has 0 aliphatic carbocycles. The van der Waals surface area contributed by atoms with E-state index in [4.69, 9.17) is 0 Å². The third-order valence-corrected chi connectivity index (χ3v) is 4.87. The Hall–Kier alpha value is -1.99. The van der Waals surface area contributed by atoms with Crippen LogP contribution in [-0.4, -0.2) is 65.9 Å². The molecule has 0 N–H and O–H groups in total. The summed E-state index contributed by atoms with van der Waals surface area (Å²) in [5.74, 6) is 1.15. The smallest absolute Gasteiger partial charge is 0.228 e. The number of hydrogen-bond acceptors (Lipinski definition) is 6. The predicted molar refractivity (Wildman–Crippen MR) is 96.2 cm³/mol. The van der Waals surface area contributed by atoms with E-state index in [1.807, 2.05) is 42.6 Å². The number of rotatable bonds is 5. The highest BCUT2D eigenvalue weighted by molar-refractivity contribution is 7.09. The highest BCUT2D eigenvalue weighted by Crippen LogP contribution is 2.15. The zero-order valence-electron chi connectivity index (χ0n) is 14.2. The lowest BCUT2D eigenvalue weighted by Crippen LogP contribution is -2.49. The van der Waals surface area contributed by atoms with Crippen molar-refractivity contribution in [3.05, 3.63) is 40.5 Å². The van der Waals surface area contributed by atoms with Crippen LogP contribution in [0.1, 0.15) is 10.7 Å². The normalized spacial score (nSPS) is 15.1. The first-order valence-corrected chi connectivity index (χ1v) is 9.01. The van der Waals surface area contributed by atoms with Crippen molar-refractivity contribution < 1.29 is 4.79 Å². The average molecular weight is 345 g/mol. The predicted octanol–water partition coefficient (Wildman–Crippen LogP) is 1.49. The zero-order valence-corrected chi connectivity index (χ0v) is 15.0. The van der Waals surface area contributed by atoms with E-state index in [0.717, 1.165) is 49.2 Å². The van der Waals surface area contributed by atoms with Gasteiger partial charge in [-0.05, 0) is 26.2 Å².